The molecule has 0 saturated carbocycles. The Morgan fingerprint density at radius 2 is 2.07 bits per heavy atom. The number of aliphatic imine (C=N–C) groups is 1. The number of para-hydroxylation sites is 1. The number of rotatable bonds is 4. The molecule has 0 saturated heterocycles. The fraction of sp³-hybridized carbons (Fsp3) is 0.391. The molecule has 3 heterocycles. The second-order valence-electron chi connectivity index (χ2n) is 8.12. The Hall–Kier alpha value is -3.02. The van der Waals surface area contributed by atoms with Crippen molar-refractivity contribution in [3.05, 3.63) is 65.6 Å². The highest BCUT2D eigenvalue weighted by Crippen LogP contribution is 2.39. The summed E-state index contributed by atoms with van der Waals surface area (Å²) in [6.07, 6.45) is 2.92. The monoisotopic (exact) mass is 391 g/mol. The zero-order valence-corrected chi connectivity index (χ0v) is 17.6. The van der Waals surface area contributed by atoms with Crippen molar-refractivity contribution in [2.24, 2.45) is 4.99 Å². The van der Waals surface area contributed by atoms with E-state index in [1.165, 1.54) is 5.56 Å². The summed E-state index contributed by atoms with van der Waals surface area (Å²) in [5.74, 6) is 1.73. The van der Waals surface area contributed by atoms with Crippen molar-refractivity contribution in [3.63, 3.8) is 0 Å². The van der Waals surface area contributed by atoms with Crippen LogP contribution in [0.1, 0.15) is 50.2 Å². The first kappa shape index (κ1) is 19.3. The van der Waals surface area contributed by atoms with Crippen LogP contribution in [-0.2, 0) is 6.54 Å². The average molecular weight is 392 g/mol. The minimum Gasteiger partial charge on any atom is -0.487 e. The number of hydrogen-bond donors (Lipinski definition) is 2. The summed E-state index contributed by atoms with van der Waals surface area (Å²) in [4.78, 5) is 9.49. The van der Waals surface area contributed by atoms with Crippen LogP contribution in [0.15, 0.2) is 53.7 Å². The molecule has 1 aromatic carbocycles. The highest BCUT2D eigenvalue weighted by Gasteiger charge is 2.33. The summed E-state index contributed by atoms with van der Waals surface area (Å²) in [7, 11) is 0. The molecule has 1 aliphatic rings. The number of ether oxygens (including phenoxy) is 1. The fourth-order valence-corrected chi connectivity index (χ4v) is 3.85. The van der Waals surface area contributed by atoms with Crippen LogP contribution in [0.3, 0.4) is 0 Å². The average Bonchev–Trinajstić information content (AvgIpc) is 3.10. The van der Waals surface area contributed by atoms with E-state index >= 15 is 0 Å². The van der Waals surface area contributed by atoms with E-state index in [9.17, 15) is 0 Å². The molecule has 29 heavy (non-hydrogen) atoms. The minimum absolute atomic E-state index is 0.135. The maximum absolute atomic E-state index is 6.15. The first-order chi connectivity index (χ1) is 13.9. The molecule has 152 valence electrons. The van der Waals surface area contributed by atoms with Gasteiger partial charge in [0.1, 0.15) is 17.0 Å². The lowest BCUT2D eigenvalue weighted by Crippen LogP contribution is -2.45. The molecule has 6 heteroatoms. The van der Waals surface area contributed by atoms with E-state index in [4.69, 9.17) is 14.7 Å². The second-order valence-corrected chi connectivity index (χ2v) is 8.12. The lowest BCUT2D eigenvalue weighted by Gasteiger charge is -2.38. The number of nitrogens with zero attached hydrogens (tertiary/aromatic N) is 3. The zero-order chi connectivity index (χ0) is 20.4. The number of fused-ring (bicyclic) bond motifs is 2. The number of imidazole rings is 1. The second kappa shape index (κ2) is 7.78. The van der Waals surface area contributed by atoms with Gasteiger partial charge in [0.2, 0.25) is 0 Å². The number of aryl methyl sites for hydroxylation is 1. The Balaban J connectivity index is 1.56. The normalized spacial score (nSPS) is 18.2. The standard InChI is InChI=1S/C23H29N5O/c1-5-24-22(25-14-17-15-28-16(2)9-8-12-21(28)26-17)27-19-13-23(3,4)29-20-11-7-6-10-18(19)20/h6-12,15,19H,5,13-14H2,1-4H3,(H2,24,25,27). The van der Waals surface area contributed by atoms with Crippen LogP contribution in [0, 0.1) is 6.92 Å². The number of pyridine rings is 1. The van der Waals surface area contributed by atoms with Gasteiger partial charge in [-0.05, 0) is 45.9 Å². The molecule has 1 aliphatic heterocycles. The van der Waals surface area contributed by atoms with E-state index < -0.39 is 0 Å². The molecule has 4 rings (SSSR count). The number of hydrogen-bond acceptors (Lipinski definition) is 3. The van der Waals surface area contributed by atoms with Gasteiger partial charge in [-0.25, -0.2) is 9.98 Å². The van der Waals surface area contributed by atoms with Crippen molar-refractivity contribution in [1.29, 1.82) is 0 Å². The van der Waals surface area contributed by atoms with Gasteiger partial charge in [0.05, 0.1) is 18.3 Å². The minimum atomic E-state index is -0.234. The summed E-state index contributed by atoms with van der Waals surface area (Å²) in [5, 5.41) is 6.98. The molecule has 1 unspecified atom stereocenters. The predicted molar refractivity (Wildman–Crippen MR) is 116 cm³/mol. The maximum atomic E-state index is 6.15. The third kappa shape index (κ3) is 4.21. The van der Waals surface area contributed by atoms with Gasteiger partial charge >= 0.3 is 0 Å². The summed E-state index contributed by atoms with van der Waals surface area (Å²) < 4.78 is 8.25. The molecule has 0 aliphatic carbocycles. The van der Waals surface area contributed by atoms with Crippen LogP contribution in [0.25, 0.3) is 5.65 Å². The maximum Gasteiger partial charge on any atom is 0.192 e. The van der Waals surface area contributed by atoms with Crippen LogP contribution in [0.2, 0.25) is 0 Å². The molecule has 0 bridgehead atoms. The zero-order valence-electron chi connectivity index (χ0n) is 17.6. The molecule has 0 spiro atoms. The van der Waals surface area contributed by atoms with Gasteiger partial charge in [-0.15, -0.1) is 0 Å². The Kier molecular flexibility index (Phi) is 5.18. The summed E-state index contributed by atoms with van der Waals surface area (Å²) in [5.41, 5.74) is 4.00. The highest BCUT2D eigenvalue weighted by atomic mass is 16.5. The molecule has 0 amide bonds. The Morgan fingerprint density at radius 3 is 2.86 bits per heavy atom. The number of nitrogens with one attached hydrogen (secondary N) is 2. The van der Waals surface area contributed by atoms with Gasteiger partial charge < -0.3 is 19.8 Å². The van der Waals surface area contributed by atoms with Crippen LogP contribution in [0.4, 0.5) is 0 Å². The molecule has 3 aromatic rings. The molecule has 0 radical (unpaired) electrons. The van der Waals surface area contributed by atoms with E-state index in [1.54, 1.807) is 0 Å². The molecule has 0 fully saturated rings. The smallest absolute Gasteiger partial charge is 0.192 e. The largest absolute Gasteiger partial charge is 0.487 e. The van der Waals surface area contributed by atoms with E-state index in [0.717, 1.165) is 41.7 Å². The van der Waals surface area contributed by atoms with Crippen molar-refractivity contribution in [2.75, 3.05) is 6.54 Å². The molecular formula is C23H29N5O. The Bertz CT molecular complexity index is 1040. The molecule has 1 atom stereocenters. The van der Waals surface area contributed by atoms with Crippen LogP contribution in [-0.4, -0.2) is 27.5 Å². The third-order valence-electron chi connectivity index (χ3n) is 5.18. The molecule has 2 N–H and O–H groups in total. The number of guanidine groups is 1. The van der Waals surface area contributed by atoms with Gasteiger partial charge in [0, 0.05) is 30.4 Å². The van der Waals surface area contributed by atoms with E-state index in [1.807, 2.05) is 24.3 Å². The van der Waals surface area contributed by atoms with Crippen molar-refractivity contribution >= 4 is 11.6 Å². The van der Waals surface area contributed by atoms with Crippen molar-refractivity contribution in [1.82, 2.24) is 20.0 Å². The van der Waals surface area contributed by atoms with Gasteiger partial charge in [0.15, 0.2) is 5.96 Å². The van der Waals surface area contributed by atoms with Crippen LogP contribution < -0.4 is 15.4 Å². The molecule has 6 nitrogen and oxygen atoms in total. The third-order valence-corrected chi connectivity index (χ3v) is 5.18. The lowest BCUT2D eigenvalue weighted by atomic mass is 9.90. The molecular weight excluding hydrogens is 362 g/mol. The SMILES string of the molecule is CCNC(=NCc1cn2c(C)cccc2n1)NC1CC(C)(C)Oc2ccccc21. The van der Waals surface area contributed by atoms with Gasteiger partial charge in [-0.2, -0.15) is 0 Å². The van der Waals surface area contributed by atoms with Crippen molar-refractivity contribution in [3.8, 4) is 5.75 Å². The van der Waals surface area contributed by atoms with E-state index in [2.05, 4.69) is 67.1 Å². The summed E-state index contributed by atoms with van der Waals surface area (Å²) in [6.45, 7) is 9.72. The first-order valence-corrected chi connectivity index (χ1v) is 10.2. The van der Waals surface area contributed by atoms with Gasteiger partial charge in [0.25, 0.3) is 0 Å². The highest BCUT2D eigenvalue weighted by molar-refractivity contribution is 5.80. The van der Waals surface area contributed by atoms with E-state index in [-0.39, 0.29) is 11.6 Å². The predicted octanol–water partition coefficient (Wildman–Crippen LogP) is 4.00. The fourth-order valence-electron chi connectivity index (χ4n) is 3.85. The van der Waals surface area contributed by atoms with E-state index in [0.29, 0.717) is 6.54 Å². The lowest BCUT2D eigenvalue weighted by molar-refractivity contribution is 0.0694. The van der Waals surface area contributed by atoms with Crippen LogP contribution in [0.5, 0.6) is 5.75 Å². The van der Waals surface area contributed by atoms with Gasteiger partial charge in [-0.3, -0.25) is 0 Å². The topological polar surface area (TPSA) is 63.0 Å². The quantitative estimate of drug-likeness (QED) is 0.521. The van der Waals surface area contributed by atoms with Crippen molar-refractivity contribution < 1.29 is 4.74 Å². The van der Waals surface area contributed by atoms with Gasteiger partial charge in [-0.1, -0.05) is 24.3 Å². The van der Waals surface area contributed by atoms with Crippen LogP contribution >= 0.6 is 0 Å². The molecule has 2 aromatic heterocycles. The summed E-state index contributed by atoms with van der Waals surface area (Å²) in [6, 6.07) is 14.5. The Labute approximate surface area is 172 Å². The number of aromatic nitrogens is 2. The first-order valence-electron chi connectivity index (χ1n) is 10.2. The summed E-state index contributed by atoms with van der Waals surface area (Å²) >= 11 is 0. The number of benzene rings is 1. The van der Waals surface area contributed by atoms with Crippen molar-refractivity contribution in [2.45, 2.75) is 52.3 Å². The Morgan fingerprint density at radius 1 is 1.24 bits per heavy atom.